The highest BCUT2D eigenvalue weighted by atomic mass is 19.1. The molecule has 3 N–H and O–H groups in total. The number of hydrogen-bond acceptors (Lipinski definition) is 2. The number of nitrogens with one attached hydrogen (secondary N) is 1. The number of halogens is 1. The topological polar surface area (TPSA) is 38.0 Å². The Bertz CT molecular complexity index is 429. The Morgan fingerprint density at radius 3 is 2.72 bits per heavy atom. The summed E-state index contributed by atoms with van der Waals surface area (Å²) in [5, 5.41) is 3.41. The van der Waals surface area contributed by atoms with Crippen LogP contribution >= 0.6 is 0 Å². The number of benzene rings is 1. The highest BCUT2D eigenvalue weighted by Gasteiger charge is 2.32. The predicted octanol–water partition coefficient (Wildman–Crippen LogP) is 4.03. The summed E-state index contributed by atoms with van der Waals surface area (Å²) in [6.45, 7) is 6.88. The first-order valence-corrected chi connectivity index (χ1v) is 6.68. The Morgan fingerprint density at radius 2 is 2.06 bits per heavy atom. The van der Waals surface area contributed by atoms with Crippen LogP contribution in [0.4, 0.5) is 15.8 Å². The first-order chi connectivity index (χ1) is 8.37. The van der Waals surface area contributed by atoms with Gasteiger partial charge in [0.05, 0.1) is 11.4 Å². The zero-order chi connectivity index (χ0) is 13.3. The van der Waals surface area contributed by atoms with Crippen LogP contribution in [0, 0.1) is 17.2 Å². The highest BCUT2D eigenvalue weighted by Crippen LogP contribution is 2.40. The zero-order valence-electron chi connectivity index (χ0n) is 11.5. The molecule has 0 aliphatic heterocycles. The number of para-hydroxylation sites is 1. The van der Waals surface area contributed by atoms with E-state index in [-0.39, 0.29) is 11.5 Å². The van der Waals surface area contributed by atoms with Crippen molar-refractivity contribution in [1.82, 2.24) is 0 Å². The van der Waals surface area contributed by atoms with Crippen LogP contribution in [0.1, 0.15) is 40.0 Å². The third-order valence-corrected chi connectivity index (χ3v) is 3.80. The van der Waals surface area contributed by atoms with Gasteiger partial charge in [0.25, 0.3) is 0 Å². The van der Waals surface area contributed by atoms with E-state index >= 15 is 0 Å². The van der Waals surface area contributed by atoms with Crippen molar-refractivity contribution >= 4 is 11.4 Å². The summed E-state index contributed by atoms with van der Waals surface area (Å²) in [6, 6.07) is 5.33. The van der Waals surface area contributed by atoms with Crippen LogP contribution in [0.5, 0.6) is 0 Å². The predicted molar refractivity (Wildman–Crippen MR) is 75.0 cm³/mol. The Hall–Kier alpha value is -1.25. The standard InChI is InChI=1S/C15H23FN2/c1-10-7-11(9-15(2,3)8-10)18-13-6-4-5-12(16)14(13)17/h4-6,10-11,18H,7-9,17H2,1-3H3/t10-,11+/m0/s1. The van der Waals surface area contributed by atoms with E-state index < -0.39 is 0 Å². The molecule has 1 aliphatic rings. The van der Waals surface area contributed by atoms with Gasteiger partial charge in [-0.05, 0) is 42.7 Å². The van der Waals surface area contributed by atoms with E-state index in [9.17, 15) is 4.39 Å². The Kier molecular flexibility index (Phi) is 3.51. The molecular weight excluding hydrogens is 227 g/mol. The highest BCUT2D eigenvalue weighted by molar-refractivity contribution is 5.66. The monoisotopic (exact) mass is 250 g/mol. The lowest BCUT2D eigenvalue weighted by molar-refractivity contribution is 0.178. The second kappa shape index (κ2) is 4.79. The number of rotatable bonds is 2. The summed E-state index contributed by atoms with van der Waals surface area (Å²) in [5.74, 6) is 0.351. The van der Waals surface area contributed by atoms with Gasteiger partial charge in [-0.2, -0.15) is 0 Å². The van der Waals surface area contributed by atoms with Gasteiger partial charge in [0.1, 0.15) is 5.82 Å². The Morgan fingerprint density at radius 1 is 1.33 bits per heavy atom. The van der Waals surface area contributed by atoms with Gasteiger partial charge in [-0.3, -0.25) is 0 Å². The van der Waals surface area contributed by atoms with Gasteiger partial charge in [0, 0.05) is 6.04 Å². The van der Waals surface area contributed by atoms with Crippen LogP contribution < -0.4 is 11.1 Å². The summed E-state index contributed by atoms with van der Waals surface area (Å²) >= 11 is 0. The Labute approximate surface area is 109 Å². The van der Waals surface area contributed by atoms with Crippen LogP contribution in [0.3, 0.4) is 0 Å². The molecule has 1 aliphatic carbocycles. The lowest BCUT2D eigenvalue weighted by Gasteiger charge is -2.39. The average Bonchev–Trinajstić information content (AvgIpc) is 2.22. The molecule has 0 amide bonds. The van der Waals surface area contributed by atoms with Crippen molar-refractivity contribution in [2.24, 2.45) is 11.3 Å². The first kappa shape index (κ1) is 13.2. The van der Waals surface area contributed by atoms with E-state index in [2.05, 4.69) is 26.1 Å². The molecular formula is C15H23FN2. The molecule has 100 valence electrons. The molecule has 2 atom stereocenters. The fourth-order valence-corrected chi connectivity index (χ4v) is 3.34. The molecule has 0 bridgehead atoms. The molecule has 3 heteroatoms. The molecule has 2 nitrogen and oxygen atoms in total. The molecule has 1 saturated carbocycles. The molecule has 0 unspecified atom stereocenters. The number of anilines is 2. The summed E-state index contributed by atoms with van der Waals surface area (Å²) < 4.78 is 13.4. The zero-order valence-corrected chi connectivity index (χ0v) is 11.5. The van der Waals surface area contributed by atoms with E-state index in [1.165, 1.54) is 12.5 Å². The van der Waals surface area contributed by atoms with E-state index in [4.69, 9.17) is 5.73 Å². The van der Waals surface area contributed by atoms with Gasteiger partial charge < -0.3 is 11.1 Å². The fraction of sp³-hybridized carbons (Fsp3) is 0.600. The molecule has 1 aromatic rings. The molecule has 1 fully saturated rings. The van der Waals surface area contributed by atoms with Gasteiger partial charge in [0.2, 0.25) is 0 Å². The van der Waals surface area contributed by atoms with Crippen molar-refractivity contribution in [3.63, 3.8) is 0 Å². The van der Waals surface area contributed by atoms with Crippen LogP contribution in [0.15, 0.2) is 18.2 Å². The van der Waals surface area contributed by atoms with Gasteiger partial charge in [-0.25, -0.2) is 4.39 Å². The van der Waals surface area contributed by atoms with Crippen molar-refractivity contribution in [1.29, 1.82) is 0 Å². The van der Waals surface area contributed by atoms with Crippen molar-refractivity contribution in [3.05, 3.63) is 24.0 Å². The molecule has 0 radical (unpaired) electrons. The minimum Gasteiger partial charge on any atom is -0.395 e. The molecule has 0 aromatic heterocycles. The molecule has 0 heterocycles. The largest absolute Gasteiger partial charge is 0.395 e. The number of nitrogen functional groups attached to an aromatic ring is 1. The summed E-state index contributed by atoms with van der Waals surface area (Å²) in [4.78, 5) is 0. The molecule has 1 aromatic carbocycles. The van der Waals surface area contributed by atoms with Crippen molar-refractivity contribution < 1.29 is 4.39 Å². The van der Waals surface area contributed by atoms with Crippen LogP contribution in [-0.4, -0.2) is 6.04 Å². The molecule has 18 heavy (non-hydrogen) atoms. The van der Waals surface area contributed by atoms with E-state index in [1.807, 2.05) is 6.07 Å². The molecule has 2 rings (SSSR count). The first-order valence-electron chi connectivity index (χ1n) is 6.68. The second-order valence-electron chi connectivity index (χ2n) is 6.46. The van der Waals surface area contributed by atoms with E-state index in [0.29, 0.717) is 17.4 Å². The van der Waals surface area contributed by atoms with Crippen LogP contribution in [0.2, 0.25) is 0 Å². The van der Waals surface area contributed by atoms with Crippen LogP contribution in [0.25, 0.3) is 0 Å². The average molecular weight is 250 g/mol. The molecule has 0 spiro atoms. The van der Waals surface area contributed by atoms with Gasteiger partial charge in [-0.1, -0.05) is 26.8 Å². The fourth-order valence-electron chi connectivity index (χ4n) is 3.34. The molecule has 0 saturated heterocycles. The summed E-state index contributed by atoms with van der Waals surface area (Å²) in [7, 11) is 0. The normalized spacial score (nSPS) is 26.9. The lowest BCUT2D eigenvalue weighted by atomic mass is 9.70. The summed E-state index contributed by atoms with van der Waals surface area (Å²) in [6.07, 6.45) is 3.48. The van der Waals surface area contributed by atoms with E-state index in [0.717, 1.165) is 18.5 Å². The maximum Gasteiger partial charge on any atom is 0.148 e. The van der Waals surface area contributed by atoms with Gasteiger partial charge in [0.15, 0.2) is 0 Å². The third-order valence-electron chi connectivity index (χ3n) is 3.80. The van der Waals surface area contributed by atoms with Gasteiger partial charge in [-0.15, -0.1) is 0 Å². The summed E-state index contributed by atoms with van der Waals surface area (Å²) in [5.41, 5.74) is 7.07. The minimum absolute atomic E-state index is 0.230. The van der Waals surface area contributed by atoms with E-state index in [1.54, 1.807) is 6.07 Å². The quantitative estimate of drug-likeness (QED) is 0.778. The van der Waals surface area contributed by atoms with Crippen molar-refractivity contribution in [2.45, 2.75) is 46.1 Å². The third kappa shape index (κ3) is 2.95. The maximum absolute atomic E-state index is 13.4. The maximum atomic E-state index is 13.4. The number of nitrogens with two attached hydrogens (primary N) is 1. The minimum atomic E-state index is -0.344. The van der Waals surface area contributed by atoms with Crippen LogP contribution in [-0.2, 0) is 0 Å². The lowest BCUT2D eigenvalue weighted by Crippen LogP contribution is -2.35. The second-order valence-corrected chi connectivity index (χ2v) is 6.46. The smallest absolute Gasteiger partial charge is 0.148 e. The number of hydrogen-bond donors (Lipinski definition) is 2. The van der Waals surface area contributed by atoms with Crippen molar-refractivity contribution in [2.75, 3.05) is 11.1 Å². The Balaban J connectivity index is 2.11. The van der Waals surface area contributed by atoms with Crippen molar-refractivity contribution in [3.8, 4) is 0 Å². The van der Waals surface area contributed by atoms with Gasteiger partial charge >= 0.3 is 0 Å². The SMILES string of the molecule is C[C@H]1C[C@@H](Nc2cccc(F)c2N)CC(C)(C)C1.